The molecule has 0 aliphatic rings. The number of hydrogen-bond donors (Lipinski definition) is 2. The van der Waals surface area contributed by atoms with E-state index in [4.69, 9.17) is 9.84 Å². The van der Waals surface area contributed by atoms with Gasteiger partial charge in [0.2, 0.25) is 0 Å². The zero-order chi connectivity index (χ0) is 15.3. The van der Waals surface area contributed by atoms with Crippen LogP contribution in [0.5, 0.6) is 5.75 Å². The minimum absolute atomic E-state index is 0.119. The molecule has 1 rings (SSSR count). The van der Waals surface area contributed by atoms with Gasteiger partial charge >= 0.3 is 0 Å². The number of benzene rings is 1. The Labute approximate surface area is 123 Å². The van der Waals surface area contributed by atoms with Gasteiger partial charge < -0.3 is 15.2 Å². The Hall–Kier alpha value is -1.06. The first-order chi connectivity index (χ1) is 9.23. The fourth-order valence-corrected chi connectivity index (χ4v) is 2.02. The van der Waals surface area contributed by atoms with Gasteiger partial charge in [0.15, 0.2) is 0 Å². The lowest BCUT2D eigenvalue weighted by Gasteiger charge is -2.22. The van der Waals surface area contributed by atoms with E-state index in [0.717, 1.165) is 23.4 Å². The van der Waals surface area contributed by atoms with Crippen LogP contribution in [0.3, 0.4) is 0 Å². The predicted octanol–water partition coefficient (Wildman–Crippen LogP) is 3.20. The van der Waals surface area contributed by atoms with Gasteiger partial charge in [-0.05, 0) is 51.3 Å². The molecule has 0 fully saturated rings. The smallest absolute Gasteiger partial charge is 0.125 e. The summed E-state index contributed by atoms with van der Waals surface area (Å²) in [6.07, 6.45) is 0. The second-order valence-corrected chi connectivity index (χ2v) is 6.76. The molecule has 1 unspecified atom stereocenters. The summed E-state index contributed by atoms with van der Waals surface area (Å²) in [5.41, 5.74) is 3.70. The maximum Gasteiger partial charge on any atom is 0.125 e. The third-order valence-electron chi connectivity index (χ3n) is 3.17. The molecule has 0 bridgehead atoms. The molecule has 0 aliphatic carbocycles. The molecular formula is C17H29NO2. The highest BCUT2D eigenvalue weighted by atomic mass is 16.5. The first-order valence-electron chi connectivity index (χ1n) is 7.31. The van der Waals surface area contributed by atoms with Gasteiger partial charge in [0.1, 0.15) is 5.75 Å². The van der Waals surface area contributed by atoms with Crippen molar-refractivity contribution in [3.05, 3.63) is 28.8 Å². The Kier molecular flexibility index (Phi) is 6.03. The molecule has 1 atom stereocenters. The zero-order valence-corrected chi connectivity index (χ0v) is 13.7. The van der Waals surface area contributed by atoms with Gasteiger partial charge in [0, 0.05) is 24.6 Å². The van der Waals surface area contributed by atoms with Crippen molar-refractivity contribution in [3.63, 3.8) is 0 Å². The van der Waals surface area contributed by atoms with Gasteiger partial charge in [-0.1, -0.05) is 19.1 Å². The topological polar surface area (TPSA) is 41.5 Å². The molecule has 114 valence electrons. The molecule has 3 nitrogen and oxygen atoms in total. The average Bonchev–Trinajstić information content (AvgIpc) is 2.34. The van der Waals surface area contributed by atoms with E-state index in [-0.39, 0.29) is 18.1 Å². The number of ether oxygens (including phenoxy) is 1. The number of rotatable bonds is 6. The number of hydrogen-bond acceptors (Lipinski definition) is 3. The predicted molar refractivity (Wildman–Crippen MR) is 84.3 cm³/mol. The summed E-state index contributed by atoms with van der Waals surface area (Å²) in [6, 6.07) is 4.34. The molecule has 1 aromatic carbocycles. The number of aryl methyl sites for hydroxylation is 2. The molecule has 0 amide bonds. The number of aliphatic hydroxyl groups is 1. The standard InChI is InChI=1S/C17H29NO2/c1-12(10-19)11-20-16-13(2)7-15(8-14(16)3)9-18-17(4,5)6/h7-8,12,18-19H,9-11H2,1-6H3. The Balaban J connectivity index is 2.76. The average molecular weight is 279 g/mol. The summed E-state index contributed by atoms with van der Waals surface area (Å²) in [6.45, 7) is 14.2. The van der Waals surface area contributed by atoms with E-state index in [0.29, 0.717) is 6.61 Å². The molecule has 2 N–H and O–H groups in total. The van der Waals surface area contributed by atoms with E-state index in [1.807, 2.05) is 6.92 Å². The lowest BCUT2D eigenvalue weighted by atomic mass is 10.0. The monoisotopic (exact) mass is 279 g/mol. The second kappa shape index (κ2) is 7.09. The maximum atomic E-state index is 9.05. The lowest BCUT2D eigenvalue weighted by Crippen LogP contribution is -2.35. The van der Waals surface area contributed by atoms with Crippen molar-refractivity contribution in [3.8, 4) is 5.75 Å². The SMILES string of the molecule is Cc1cc(CNC(C)(C)C)cc(C)c1OCC(C)CO. The Morgan fingerprint density at radius 2 is 1.75 bits per heavy atom. The number of aliphatic hydroxyl groups excluding tert-OH is 1. The third kappa shape index (κ3) is 5.51. The molecule has 0 aliphatic heterocycles. The van der Waals surface area contributed by atoms with Crippen LogP contribution in [-0.4, -0.2) is 23.9 Å². The molecule has 0 aromatic heterocycles. The number of nitrogens with one attached hydrogen (secondary N) is 1. The molecule has 0 saturated heterocycles. The maximum absolute atomic E-state index is 9.05. The molecular weight excluding hydrogens is 250 g/mol. The van der Waals surface area contributed by atoms with Crippen LogP contribution >= 0.6 is 0 Å². The van der Waals surface area contributed by atoms with Gasteiger partial charge in [-0.15, -0.1) is 0 Å². The van der Waals surface area contributed by atoms with E-state index in [1.54, 1.807) is 0 Å². The molecule has 3 heteroatoms. The minimum Gasteiger partial charge on any atom is -0.493 e. The summed E-state index contributed by atoms with van der Waals surface area (Å²) in [4.78, 5) is 0. The van der Waals surface area contributed by atoms with Crippen molar-refractivity contribution in [1.82, 2.24) is 5.32 Å². The first-order valence-corrected chi connectivity index (χ1v) is 7.31. The summed E-state index contributed by atoms with van der Waals surface area (Å²) in [5.74, 6) is 1.11. The van der Waals surface area contributed by atoms with E-state index < -0.39 is 0 Å². The molecule has 0 heterocycles. The van der Waals surface area contributed by atoms with Crippen LogP contribution in [-0.2, 0) is 6.54 Å². The Morgan fingerprint density at radius 3 is 2.20 bits per heavy atom. The van der Waals surface area contributed by atoms with Gasteiger partial charge in [0.25, 0.3) is 0 Å². The van der Waals surface area contributed by atoms with Crippen molar-refractivity contribution >= 4 is 0 Å². The fourth-order valence-electron chi connectivity index (χ4n) is 2.02. The highest BCUT2D eigenvalue weighted by Gasteiger charge is 2.11. The van der Waals surface area contributed by atoms with Crippen molar-refractivity contribution in [2.75, 3.05) is 13.2 Å². The van der Waals surface area contributed by atoms with Crippen LogP contribution in [0.1, 0.15) is 44.4 Å². The van der Waals surface area contributed by atoms with Crippen molar-refractivity contribution in [1.29, 1.82) is 0 Å². The first kappa shape index (κ1) is 17.0. The fraction of sp³-hybridized carbons (Fsp3) is 0.647. The normalized spacial score (nSPS) is 13.3. The van der Waals surface area contributed by atoms with Crippen LogP contribution in [0.4, 0.5) is 0 Å². The highest BCUT2D eigenvalue weighted by molar-refractivity contribution is 5.43. The Morgan fingerprint density at radius 1 is 1.20 bits per heavy atom. The quantitative estimate of drug-likeness (QED) is 0.840. The molecule has 0 radical (unpaired) electrons. The van der Waals surface area contributed by atoms with Crippen molar-refractivity contribution in [2.24, 2.45) is 5.92 Å². The van der Waals surface area contributed by atoms with Crippen molar-refractivity contribution in [2.45, 2.75) is 53.6 Å². The summed E-state index contributed by atoms with van der Waals surface area (Å²) in [7, 11) is 0. The van der Waals surface area contributed by atoms with Gasteiger partial charge in [0.05, 0.1) is 6.61 Å². The molecule has 0 saturated carbocycles. The van der Waals surface area contributed by atoms with Gasteiger partial charge in [-0.3, -0.25) is 0 Å². The summed E-state index contributed by atoms with van der Waals surface area (Å²) in [5, 5.41) is 12.6. The largest absolute Gasteiger partial charge is 0.493 e. The molecule has 0 spiro atoms. The molecule has 1 aromatic rings. The zero-order valence-electron chi connectivity index (χ0n) is 13.7. The highest BCUT2D eigenvalue weighted by Crippen LogP contribution is 2.25. The molecule has 20 heavy (non-hydrogen) atoms. The minimum atomic E-state index is 0.119. The van der Waals surface area contributed by atoms with Crippen LogP contribution in [0.15, 0.2) is 12.1 Å². The van der Waals surface area contributed by atoms with Gasteiger partial charge in [-0.2, -0.15) is 0 Å². The van der Waals surface area contributed by atoms with E-state index in [2.05, 4.69) is 52.1 Å². The van der Waals surface area contributed by atoms with E-state index in [9.17, 15) is 0 Å². The Bertz CT molecular complexity index is 412. The van der Waals surface area contributed by atoms with Crippen LogP contribution < -0.4 is 10.1 Å². The lowest BCUT2D eigenvalue weighted by molar-refractivity contribution is 0.173. The second-order valence-electron chi connectivity index (χ2n) is 6.76. The van der Waals surface area contributed by atoms with E-state index in [1.165, 1.54) is 5.56 Å². The van der Waals surface area contributed by atoms with Gasteiger partial charge in [-0.25, -0.2) is 0 Å². The van der Waals surface area contributed by atoms with Crippen molar-refractivity contribution < 1.29 is 9.84 Å². The summed E-state index contributed by atoms with van der Waals surface area (Å²) >= 11 is 0. The van der Waals surface area contributed by atoms with Crippen LogP contribution in [0, 0.1) is 19.8 Å². The van der Waals surface area contributed by atoms with Crippen LogP contribution in [0.2, 0.25) is 0 Å². The van der Waals surface area contributed by atoms with Crippen LogP contribution in [0.25, 0.3) is 0 Å². The van der Waals surface area contributed by atoms with E-state index >= 15 is 0 Å². The third-order valence-corrected chi connectivity index (χ3v) is 3.17. The summed E-state index contributed by atoms with van der Waals surface area (Å²) < 4.78 is 5.84.